The van der Waals surface area contributed by atoms with Crippen molar-refractivity contribution in [1.82, 2.24) is 0 Å². The first-order valence-electron chi connectivity index (χ1n) is 11.4. The lowest BCUT2D eigenvalue weighted by Crippen LogP contribution is -2.28. The number of hydrogen-bond acceptors (Lipinski definition) is 4. The zero-order valence-corrected chi connectivity index (χ0v) is 23.8. The van der Waals surface area contributed by atoms with E-state index in [4.69, 9.17) is 9.47 Å². The number of benzene rings is 4. The minimum atomic E-state index is -0.498. The van der Waals surface area contributed by atoms with E-state index in [1.165, 1.54) is 22.3 Å². The van der Waals surface area contributed by atoms with Crippen molar-refractivity contribution in [2.75, 3.05) is 24.7 Å². The summed E-state index contributed by atoms with van der Waals surface area (Å²) in [4.78, 5) is 0. The second kappa shape index (κ2) is 10.6. The topological polar surface area (TPSA) is 18.5 Å². The largest absolute Gasteiger partial charge is 0.492 e. The van der Waals surface area contributed by atoms with Gasteiger partial charge in [-0.05, 0) is 89.5 Å². The first-order chi connectivity index (χ1) is 17.1. The Kier molecular flexibility index (Phi) is 7.54. The Balaban J connectivity index is 1.78. The minimum absolute atomic E-state index is 0.498. The number of rotatable bonds is 8. The van der Waals surface area contributed by atoms with E-state index in [-0.39, 0.29) is 0 Å². The highest BCUT2D eigenvalue weighted by Gasteiger charge is 2.46. The quantitative estimate of drug-likeness (QED) is 0.169. The van der Waals surface area contributed by atoms with Crippen molar-refractivity contribution < 1.29 is 9.47 Å². The van der Waals surface area contributed by atoms with Crippen molar-refractivity contribution in [2.45, 2.75) is 5.41 Å². The van der Waals surface area contributed by atoms with Crippen LogP contribution in [0.5, 0.6) is 11.5 Å². The predicted molar refractivity (Wildman–Crippen MR) is 158 cm³/mol. The van der Waals surface area contributed by atoms with E-state index in [0.29, 0.717) is 24.7 Å². The van der Waals surface area contributed by atoms with Gasteiger partial charge in [-0.2, -0.15) is 25.3 Å². The fraction of sp³-hybridized carbons (Fsp3) is 0.172. The maximum Gasteiger partial charge on any atom is 0.133 e. The van der Waals surface area contributed by atoms with Crippen LogP contribution in [0.2, 0.25) is 0 Å². The SMILES string of the molecule is SCCOc1ccc(C2(c3ccc(OCCS)c(Br)c3)c3ccccc3-c3ccccc32)cc1Br. The molecule has 0 aromatic heterocycles. The van der Waals surface area contributed by atoms with E-state index in [0.717, 1.165) is 31.6 Å². The van der Waals surface area contributed by atoms with E-state index in [2.05, 4.69) is 130 Å². The summed E-state index contributed by atoms with van der Waals surface area (Å²) in [5.41, 5.74) is 6.85. The Labute approximate surface area is 234 Å². The van der Waals surface area contributed by atoms with Crippen LogP contribution in [0.1, 0.15) is 22.3 Å². The molecule has 1 aliphatic rings. The van der Waals surface area contributed by atoms with Gasteiger partial charge >= 0.3 is 0 Å². The number of hydrogen-bond donors (Lipinski definition) is 2. The molecule has 0 aliphatic heterocycles. The van der Waals surface area contributed by atoms with Gasteiger partial charge in [0.1, 0.15) is 11.5 Å². The Bertz CT molecular complexity index is 1270. The highest BCUT2D eigenvalue weighted by molar-refractivity contribution is 9.10. The average molecular weight is 628 g/mol. The van der Waals surface area contributed by atoms with E-state index in [1.54, 1.807) is 0 Å². The molecule has 1 aliphatic carbocycles. The molecule has 6 heteroatoms. The third-order valence-electron chi connectivity index (χ3n) is 6.38. The van der Waals surface area contributed by atoms with Crippen LogP contribution in [0.4, 0.5) is 0 Å². The highest BCUT2D eigenvalue weighted by atomic mass is 79.9. The molecule has 4 aromatic rings. The van der Waals surface area contributed by atoms with Crippen LogP contribution in [0, 0.1) is 0 Å². The molecule has 0 fully saturated rings. The van der Waals surface area contributed by atoms with Gasteiger partial charge in [0.25, 0.3) is 0 Å². The summed E-state index contributed by atoms with van der Waals surface area (Å²) in [5, 5.41) is 0. The van der Waals surface area contributed by atoms with Crippen LogP contribution >= 0.6 is 57.1 Å². The number of ether oxygens (including phenoxy) is 2. The summed E-state index contributed by atoms with van der Waals surface area (Å²) in [7, 11) is 0. The monoisotopic (exact) mass is 626 g/mol. The molecule has 0 radical (unpaired) electrons. The molecule has 35 heavy (non-hydrogen) atoms. The molecule has 0 atom stereocenters. The van der Waals surface area contributed by atoms with Crippen molar-refractivity contribution in [2.24, 2.45) is 0 Å². The fourth-order valence-corrected chi connectivity index (χ4v) is 6.21. The summed E-state index contributed by atoms with van der Waals surface area (Å²) < 4.78 is 13.6. The Morgan fingerprint density at radius 3 is 1.43 bits per heavy atom. The molecule has 4 aromatic carbocycles. The lowest BCUT2D eigenvalue weighted by Gasteiger charge is -2.34. The molecule has 0 saturated heterocycles. The van der Waals surface area contributed by atoms with Gasteiger partial charge in [0.2, 0.25) is 0 Å². The smallest absolute Gasteiger partial charge is 0.133 e. The molecule has 0 amide bonds. The molecule has 2 nitrogen and oxygen atoms in total. The lowest BCUT2D eigenvalue weighted by molar-refractivity contribution is 0.342. The van der Waals surface area contributed by atoms with E-state index >= 15 is 0 Å². The standard InChI is InChI=1S/C29H24Br2O2S2/c30-25-17-19(9-11-27(25)32-13-15-34)29(20-10-12-28(26(31)18-20)33-14-16-35)23-7-3-1-5-21(23)22-6-2-4-8-24(22)29/h1-12,17-18,34-35H,13-16H2. The zero-order chi connectivity index (χ0) is 24.4. The number of halogens is 2. The minimum Gasteiger partial charge on any atom is -0.492 e. The lowest BCUT2D eigenvalue weighted by atomic mass is 9.67. The van der Waals surface area contributed by atoms with Crippen LogP contribution < -0.4 is 9.47 Å². The summed E-state index contributed by atoms with van der Waals surface area (Å²) in [6, 6.07) is 30.2. The molecule has 0 heterocycles. The van der Waals surface area contributed by atoms with Crippen molar-refractivity contribution in [1.29, 1.82) is 0 Å². The maximum atomic E-state index is 5.90. The number of fused-ring (bicyclic) bond motifs is 3. The summed E-state index contributed by atoms with van der Waals surface area (Å²) in [5.74, 6) is 2.95. The van der Waals surface area contributed by atoms with Crippen molar-refractivity contribution in [3.63, 3.8) is 0 Å². The Morgan fingerprint density at radius 2 is 1.03 bits per heavy atom. The number of thiol groups is 2. The molecule has 0 unspecified atom stereocenters. The van der Waals surface area contributed by atoms with Crippen LogP contribution in [0.3, 0.4) is 0 Å². The van der Waals surface area contributed by atoms with Crippen LogP contribution in [-0.4, -0.2) is 24.7 Å². The molecule has 5 rings (SSSR count). The highest BCUT2D eigenvalue weighted by Crippen LogP contribution is 2.57. The molecule has 0 saturated carbocycles. The van der Waals surface area contributed by atoms with E-state index in [9.17, 15) is 0 Å². The molecular formula is C29H24Br2O2S2. The van der Waals surface area contributed by atoms with Crippen molar-refractivity contribution in [3.8, 4) is 22.6 Å². The van der Waals surface area contributed by atoms with Gasteiger partial charge in [-0.1, -0.05) is 60.7 Å². The average Bonchev–Trinajstić information content (AvgIpc) is 3.18. The van der Waals surface area contributed by atoms with E-state index < -0.39 is 5.41 Å². The van der Waals surface area contributed by atoms with Gasteiger partial charge in [-0.25, -0.2) is 0 Å². The van der Waals surface area contributed by atoms with Gasteiger partial charge in [-0.15, -0.1) is 0 Å². The van der Waals surface area contributed by atoms with E-state index in [1.807, 2.05) is 12.1 Å². The molecule has 0 bridgehead atoms. The molecule has 0 spiro atoms. The van der Waals surface area contributed by atoms with Gasteiger partial charge in [-0.3, -0.25) is 0 Å². The van der Waals surface area contributed by atoms with Gasteiger partial charge in [0, 0.05) is 11.5 Å². The van der Waals surface area contributed by atoms with Crippen LogP contribution in [0.25, 0.3) is 11.1 Å². The third-order valence-corrected chi connectivity index (χ3v) is 7.98. The van der Waals surface area contributed by atoms with Crippen molar-refractivity contribution in [3.05, 3.63) is 116 Å². The normalized spacial score (nSPS) is 13.3. The van der Waals surface area contributed by atoms with Crippen LogP contribution in [0.15, 0.2) is 93.9 Å². The third kappa shape index (κ3) is 4.33. The Morgan fingerprint density at radius 1 is 0.600 bits per heavy atom. The predicted octanol–water partition coefficient (Wildman–Crippen LogP) is 8.19. The maximum absolute atomic E-state index is 5.90. The summed E-state index contributed by atoms with van der Waals surface area (Å²) in [6.07, 6.45) is 0. The summed E-state index contributed by atoms with van der Waals surface area (Å²) in [6.45, 7) is 1.11. The van der Waals surface area contributed by atoms with Gasteiger partial charge in [0.05, 0.1) is 27.6 Å². The first-order valence-corrected chi connectivity index (χ1v) is 14.2. The Hall–Kier alpha value is -1.86. The van der Waals surface area contributed by atoms with Crippen molar-refractivity contribution >= 4 is 57.1 Å². The molecular weight excluding hydrogens is 604 g/mol. The first kappa shape index (κ1) is 24.8. The summed E-state index contributed by atoms with van der Waals surface area (Å²) >= 11 is 16.1. The second-order valence-electron chi connectivity index (χ2n) is 8.28. The second-order valence-corrected chi connectivity index (χ2v) is 10.9. The zero-order valence-electron chi connectivity index (χ0n) is 18.9. The molecule has 0 N–H and O–H groups in total. The van der Waals surface area contributed by atoms with Crippen LogP contribution in [-0.2, 0) is 5.41 Å². The van der Waals surface area contributed by atoms with Gasteiger partial charge in [0.15, 0.2) is 0 Å². The molecule has 178 valence electrons. The van der Waals surface area contributed by atoms with Gasteiger partial charge < -0.3 is 9.47 Å². The fourth-order valence-electron chi connectivity index (χ4n) is 5.04.